The highest BCUT2D eigenvalue weighted by Crippen LogP contribution is 2.50. The molecule has 0 bridgehead atoms. The van der Waals surface area contributed by atoms with Gasteiger partial charge in [0.15, 0.2) is 11.5 Å². The van der Waals surface area contributed by atoms with Crippen molar-refractivity contribution in [1.29, 1.82) is 5.53 Å². The van der Waals surface area contributed by atoms with Crippen LogP contribution in [0.25, 0.3) is 11.0 Å². The smallest absolute Gasteiger partial charge is 0.268 e. The van der Waals surface area contributed by atoms with E-state index in [1.807, 2.05) is 12.3 Å². The van der Waals surface area contributed by atoms with E-state index in [-0.39, 0.29) is 34.1 Å². The number of piperidine rings is 2. The summed E-state index contributed by atoms with van der Waals surface area (Å²) in [5.41, 5.74) is 16.1. The Morgan fingerprint density at radius 3 is 1.70 bits per heavy atom. The van der Waals surface area contributed by atoms with Gasteiger partial charge in [0.1, 0.15) is 10.7 Å². The van der Waals surface area contributed by atoms with Crippen LogP contribution in [-0.4, -0.2) is 45.9 Å². The number of nitrogens with one attached hydrogen (secondary N) is 2. The zero-order valence-electron chi connectivity index (χ0n) is 35.3. The predicted molar refractivity (Wildman–Crippen MR) is 269 cm³/mol. The number of aromatic nitrogens is 4. The van der Waals surface area contributed by atoms with Crippen LogP contribution in [0.1, 0.15) is 80.2 Å². The largest absolute Gasteiger partial charge is 0.354 e. The number of anilines is 2. The minimum absolute atomic E-state index is 0. The molecule has 336 valence electrons. The number of hydrogen-bond acceptors (Lipinski definition) is 8. The highest BCUT2D eigenvalue weighted by Gasteiger charge is 2.46. The molecule has 0 amide bonds. The van der Waals surface area contributed by atoms with Crippen molar-refractivity contribution in [2.45, 2.75) is 58.4 Å². The fraction of sp³-hybridized carbons (Fsp3) is 0.312. The van der Waals surface area contributed by atoms with Crippen molar-refractivity contribution in [3.05, 3.63) is 50.7 Å². The second-order valence-corrected chi connectivity index (χ2v) is 13.3. The van der Waals surface area contributed by atoms with Crippen molar-refractivity contribution in [2.75, 3.05) is 36.0 Å². The number of benzene rings is 1. The van der Waals surface area contributed by atoms with E-state index in [2.05, 4.69) is 201 Å². The number of fused-ring (bicyclic) bond motifs is 2. The molecule has 4 N–H and O–H groups in total. The van der Waals surface area contributed by atoms with Crippen LogP contribution in [0.4, 0.5) is 11.8 Å². The second-order valence-electron chi connectivity index (χ2n) is 13.3. The molecule has 0 saturated carbocycles. The average Bonchev–Trinajstić information content (AvgIpc) is 3.87. The van der Waals surface area contributed by atoms with Gasteiger partial charge in [-0.3, -0.25) is 14.5 Å². The summed E-state index contributed by atoms with van der Waals surface area (Å²) in [6.07, 6.45) is 6.56. The average molecular weight is 867 g/mol. The minimum Gasteiger partial charge on any atom is -0.354 e. The normalized spacial score (nSPS) is 14.1. The molecule has 1 spiro atoms. The van der Waals surface area contributed by atoms with E-state index in [4.69, 9.17) is 21.2 Å². The molecule has 1 aliphatic carbocycles. The Balaban J connectivity index is -0.000000133. The van der Waals surface area contributed by atoms with Crippen molar-refractivity contribution in [3.63, 3.8) is 0 Å². The molecule has 1 aromatic carbocycles. The molecule has 2 aliphatic heterocycles. The first-order chi connectivity index (χ1) is 31.4. The van der Waals surface area contributed by atoms with Crippen LogP contribution in [0.2, 0.25) is 0 Å². The van der Waals surface area contributed by atoms with Gasteiger partial charge in [-0.1, -0.05) is 36.1 Å². The SMILES string of the molecule is CC#CC#CC#CC#CC#CC#CC#CC#CC#CC#CC#CC.Cn1c(N2CCC3(CC2)Cc2ccccc2[C@H]3N)nc2[nH]nc(N3CCCCC3)c2c1=O.N=N/N=N/N=N/N=O.[HH].[HH].[HH].[HH].[HH].[HH].[HH].[HH].[HH].[HH].[HH].[HH]. The molecule has 2 saturated heterocycles. The Morgan fingerprint density at radius 1 is 0.719 bits per heavy atom. The van der Waals surface area contributed by atoms with E-state index >= 15 is 0 Å². The zero-order chi connectivity index (χ0) is 45.7. The number of rotatable bonds is 5. The lowest BCUT2D eigenvalue weighted by Gasteiger charge is -2.42. The fourth-order valence-corrected chi connectivity index (χ4v) is 6.87. The van der Waals surface area contributed by atoms with Crippen molar-refractivity contribution in [3.8, 4) is 130 Å². The van der Waals surface area contributed by atoms with Crippen molar-refractivity contribution in [2.24, 2.45) is 49.6 Å². The lowest BCUT2D eigenvalue weighted by molar-refractivity contribution is 0.186. The van der Waals surface area contributed by atoms with Crippen LogP contribution in [-0.2, 0) is 13.5 Å². The molecule has 6 rings (SSSR count). The van der Waals surface area contributed by atoms with Crippen LogP contribution >= 0.6 is 0 Å². The molecule has 2 fully saturated rings. The first kappa shape index (κ1) is 47.4. The van der Waals surface area contributed by atoms with Crippen LogP contribution in [0.15, 0.2) is 60.5 Å². The van der Waals surface area contributed by atoms with Crippen molar-refractivity contribution >= 4 is 22.8 Å². The number of hydrogen-bond donors (Lipinski definition) is 3. The fourth-order valence-electron chi connectivity index (χ4n) is 6.87. The highest BCUT2D eigenvalue weighted by atomic mass is 16.3. The van der Waals surface area contributed by atoms with Gasteiger partial charge in [0.25, 0.3) is 5.56 Å². The minimum atomic E-state index is -0.0235. The van der Waals surface area contributed by atoms with Crippen LogP contribution in [0.5, 0.6) is 0 Å². The van der Waals surface area contributed by atoms with Gasteiger partial charge in [0, 0.05) is 90.5 Å². The van der Waals surface area contributed by atoms with E-state index in [0.29, 0.717) is 11.0 Å². The molecular formula is C48H62N14O2. The first-order valence-corrected chi connectivity index (χ1v) is 19.5. The Hall–Kier alpha value is -9.31. The summed E-state index contributed by atoms with van der Waals surface area (Å²) in [5, 5.41) is 23.1. The first-order valence-electron chi connectivity index (χ1n) is 19.5. The lowest BCUT2D eigenvalue weighted by atomic mass is 9.73. The van der Waals surface area contributed by atoms with Crippen LogP contribution < -0.4 is 21.1 Å². The second kappa shape index (κ2) is 26.7. The summed E-state index contributed by atoms with van der Waals surface area (Å²) in [7, 11) is 1.83. The third kappa shape index (κ3) is 14.2. The Morgan fingerprint density at radius 2 is 1.22 bits per heavy atom. The number of nitroso groups, excluding NO2 is 1. The molecule has 3 aromatic rings. The van der Waals surface area contributed by atoms with Gasteiger partial charge >= 0.3 is 0 Å². The van der Waals surface area contributed by atoms with Gasteiger partial charge in [0.2, 0.25) is 5.95 Å². The number of H-pyrrole nitrogens is 1. The molecule has 3 aliphatic rings. The molecule has 0 radical (unpaired) electrons. The van der Waals surface area contributed by atoms with E-state index in [0.717, 1.165) is 70.0 Å². The van der Waals surface area contributed by atoms with Gasteiger partial charge in [0.05, 0.1) is 0 Å². The van der Waals surface area contributed by atoms with E-state index in [1.165, 1.54) is 17.5 Å². The Labute approximate surface area is 389 Å². The summed E-state index contributed by atoms with van der Waals surface area (Å²) in [6, 6.07) is 8.67. The summed E-state index contributed by atoms with van der Waals surface area (Å²) < 4.78 is 1.70. The quantitative estimate of drug-likeness (QED) is 0.0996. The molecule has 16 nitrogen and oxygen atoms in total. The maximum absolute atomic E-state index is 13.4. The molecule has 2 aromatic heterocycles. The number of aromatic amines is 1. The molecule has 4 heterocycles. The van der Waals surface area contributed by atoms with Gasteiger partial charge in [-0.15, -0.1) is 4.91 Å². The number of nitrogens with two attached hydrogens (primary N) is 1. The summed E-state index contributed by atoms with van der Waals surface area (Å²) in [5.74, 6) is 57.1. The lowest BCUT2D eigenvalue weighted by Crippen LogP contribution is -2.46. The van der Waals surface area contributed by atoms with E-state index in [1.54, 1.807) is 18.4 Å². The van der Waals surface area contributed by atoms with E-state index < -0.39 is 0 Å². The molecule has 64 heavy (non-hydrogen) atoms. The summed E-state index contributed by atoms with van der Waals surface area (Å²) in [6.45, 7) is 6.99. The summed E-state index contributed by atoms with van der Waals surface area (Å²) in [4.78, 5) is 31.8. The summed E-state index contributed by atoms with van der Waals surface area (Å²) >= 11 is 0. The Kier molecular flexibility index (Phi) is 19.8. The van der Waals surface area contributed by atoms with Gasteiger partial charge < -0.3 is 15.5 Å². The standard InChI is InChI=1S/C24H31N7O.C24H6.HN7O.12H2/c1-29-22(32)18-20(27-28-21(18)30-11-5-2-6-12-30)26-23(29)31-13-9-24(10-14-31)15-16-7-3-4-8-17(16)19(24)25;1-3-5-7-9-11-13-15-17-19-21-23-24-22-20-18-16-14-12-10-8-6-4-2;1-2-3-4-5-6-7-8;;;;;;;;;;;;/h3-4,7-8,19H,2,5-6,9-15,25H2,1H3,(H,27,28);1-2H3;1H;12*1H/b;;2-1?,4-3+,6-5+;;;;;;;;;;;;/t19-;;;;;;;;;;;;;;/m1............../s1. The van der Waals surface area contributed by atoms with Crippen LogP contribution in [0, 0.1) is 146 Å². The van der Waals surface area contributed by atoms with Gasteiger partial charge in [-0.05, 0) is 179 Å². The van der Waals surface area contributed by atoms with Gasteiger partial charge in [-0.25, -0.2) is 0 Å². The third-order valence-electron chi connectivity index (χ3n) is 9.69. The molecule has 0 unspecified atom stereocenters. The zero-order valence-corrected chi connectivity index (χ0v) is 35.3. The number of nitrogens with zero attached hydrogens (tertiary/aromatic N) is 11. The maximum Gasteiger partial charge on any atom is 0.268 e. The van der Waals surface area contributed by atoms with E-state index in [9.17, 15) is 4.79 Å². The predicted octanol–water partition coefficient (Wildman–Crippen LogP) is 7.94. The molecular weight excluding hydrogens is 805 g/mol. The Bertz CT molecular complexity index is 3010. The van der Waals surface area contributed by atoms with Gasteiger partial charge in [-0.2, -0.15) is 15.6 Å². The highest BCUT2D eigenvalue weighted by molar-refractivity contribution is 5.87. The molecule has 1 atom stereocenters. The monoisotopic (exact) mass is 867 g/mol. The van der Waals surface area contributed by atoms with Crippen molar-refractivity contribution in [1.82, 2.24) is 19.7 Å². The molecule has 16 heteroatoms. The van der Waals surface area contributed by atoms with Crippen molar-refractivity contribution < 1.29 is 17.1 Å². The maximum atomic E-state index is 13.4. The van der Waals surface area contributed by atoms with Crippen LogP contribution in [0.3, 0.4) is 0 Å². The topological polar surface area (TPSA) is 211 Å². The third-order valence-corrected chi connectivity index (χ3v) is 9.69.